The van der Waals surface area contributed by atoms with Crippen molar-refractivity contribution in [2.24, 2.45) is 0 Å². The Bertz CT molecular complexity index is 817. The molecule has 0 heterocycles. The molecule has 21 heavy (non-hydrogen) atoms. The predicted molar refractivity (Wildman–Crippen MR) is 91.0 cm³/mol. The minimum atomic E-state index is 0.810. The molecule has 0 aromatic heterocycles. The zero-order valence-corrected chi connectivity index (χ0v) is 12.7. The summed E-state index contributed by atoms with van der Waals surface area (Å²) in [6.45, 7) is 0. The van der Waals surface area contributed by atoms with Crippen molar-refractivity contribution in [1.29, 1.82) is 0 Å². The lowest BCUT2D eigenvalue weighted by atomic mass is 9.83. The van der Waals surface area contributed by atoms with Gasteiger partial charge in [0, 0.05) is 5.02 Å². The molecule has 1 aliphatic rings. The van der Waals surface area contributed by atoms with Crippen molar-refractivity contribution in [3.63, 3.8) is 0 Å². The van der Waals surface area contributed by atoms with Crippen molar-refractivity contribution >= 4 is 22.4 Å². The smallest absolute Gasteiger partial charge is 0.0412 e. The third-order valence-corrected chi connectivity index (χ3v) is 4.72. The highest BCUT2D eigenvalue weighted by atomic mass is 35.5. The SMILES string of the molecule is Clc1cccc(-c2c3c(cc4ccccc24)CCCC3)c1. The summed E-state index contributed by atoms with van der Waals surface area (Å²) in [6.07, 6.45) is 4.98. The van der Waals surface area contributed by atoms with E-state index in [1.807, 2.05) is 6.07 Å². The van der Waals surface area contributed by atoms with Crippen LogP contribution in [0.4, 0.5) is 0 Å². The highest BCUT2D eigenvalue weighted by Gasteiger charge is 2.17. The highest BCUT2D eigenvalue weighted by Crippen LogP contribution is 2.38. The fourth-order valence-corrected chi connectivity index (χ4v) is 3.74. The van der Waals surface area contributed by atoms with Crippen LogP contribution in [-0.4, -0.2) is 0 Å². The van der Waals surface area contributed by atoms with Crippen LogP contribution in [0.2, 0.25) is 5.02 Å². The maximum atomic E-state index is 6.23. The van der Waals surface area contributed by atoms with E-state index in [2.05, 4.69) is 48.5 Å². The van der Waals surface area contributed by atoms with Gasteiger partial charge in [0.2, 0.25) is 0 Å². The minimum Gasteiger partial charge on any atom is -0.0843 e. The Morgan fingerprint density at radius 1 is 0.810 bits per heavy atom. The fraction of sp³-hybridized carbons (Fsp3) is 0.200. The molecular weight excluding hydrogens is 276 g/mol. The number of fused-ring (bicyclic) bond motifs is 2. The van der Waals surface area contributed by atoms with Gasteiger partial charge in [0.15, 0.2) is 0 Å². The average Bonchev–Trinajstić information content (AvgIpc) is 2.52. The van der Waals surface area contributed by atoms with Crippen molar-refractivity contribution in [1.82, 2.24) is 0 Å². The Morgan fingerprint density at radius 3 is 2.57 bits per heavy atom. The van der Waals surface area contributed by atoms with Gasteiger partial charge in [-0.15, -0.1) is 0 Å². The molecule has 0 aliphatic heterocycles. The summed E-state index contributed by atoms with van der Waals surface area (Å²) >= 11 is 6.23. The van der Waals surface area contributed by atoms with Gasteiger partial charge >= 0.3 is 0 Å². The first kappa shape index (κ1) is 12.9. The molecule has 1 aliphatic carbocycles. The van der Waals surface area contributed by atoms with Crippen LogP contribution in [0, 0.1) is 0 Å². The maximum absolute atomic E-state index is 6.23. The summed E-state index contributed by atoms with van der Waals surface area (Å²) in [5.74, 6) is 0. The molecule has 0 amide bonds. The first-order chi connectivity index (χ1) is 10.3. The maximum Gasteiger partial charge on any atom is 0.0412 e. The Morgan fingerprint density at radius 2 is 1.67 bits per heavy atom. The standard InChI is InChI=1S/C20H17Cl/c21-17-9-5-8-16(13-17)20-18-10-3-1-6-14(18)12-15-7-2-4-11-19(15)20/h1,3,5-6,8-10,12-13H,2,4,7,11H2. The van der Waals surface area contributed by atoms with Gasteiger partial charge in [-0.3, -0.25) is 0 Å². The van der Waals surface area contributed by atoms with Crippen molar-refractivity contribution in [3.8, 4) is 11.1 Å². The molecule has 0 saturated carbocycles. The summed E-state index contributed by atoms with van der Waals surface area (Å²) in [7, 11) is 0. The number of hydrogen-bond donors (Lipinski definition) is 0. The molecule has 0 saturated heterocycles. The van der Waals surface area contributed by atoms with Gasteiger partial charge in [-0.1, -0.05) is 54.1 Å². The predicted octanol–water partition coefficient (Wildman–Crippen LogP) is 6.04. The number of benzene rings is 3. The van der Waals surface area contributed by atoms with Gasteiger partial charge in [0.05, 0.1) is 0 Å². The number of hydrogen-bond acceptors (Lipinski definition) is 0. The fourth-order valence-electron chi connectivity index (χ4n) is 3.55. The molecular formula is C20H17Cl. The molecule has 0 fully saturated rings. The third kappa shape index (κ3) is 2.24. The van der Waals surface area contributed by atoms with E-state index in [9.17, 15) is 0 Å². The molecule has 0 radical (unpaired) electrons. The molecule has 0 atom stereocenters. The van der Waals surface area contributed by atoms with E-state index >= 15 is 0 Å². The lowest BCUT2D eigenvalue weighted by Gasteiger charge is -2.22. The molecule has 3 aromatic rings. The molecule has 0 bridgehead atoms. The lowest BCUT2D eigenvalue weighted by Crippen LogP contribution is -2.05. The Kier molecular flexibility index (Phi) is 3.20. The Balaban J connectivity index is 2.09. The van der Waals surface area contributed by atoms with Crippen LogP contribution in [0.5, 0.6) is 0 Å². The molecule has 0 unspecified atom stereocenters. The molecule has 0 nitrogen and oxygen atoms in total. The molecule has 4 rings (SSSR count). The van der Waals surface area contributed by atoms with Gasteiger partial charge in [-0.25, -0.2) is 0 Å². The van der Waals surface area contributed by atoms with E-state index < -0.39 is 0 Å². The summed E-state index contributed by atoms with van der Waals surface area (Å²) in [5, 5.41) is 3.50. The van der Waals surface area contributed by atoms with Crippen molar-refractivity contribution in [3.05, 3.63) is 70.7 Å². The summed E-state index contributed by atoms with van der Waals surface area (Å²) < 4.78 is 0. The lowest BCUT2D eigenvalue weighted by molar-refractivity contribution is 0.688. The van der Waals surface area contributed by atoms with Gasteiger partial charge in [0.1, 0.15) is 0 Å². The van der Waals surface area contributed by atoms with Crippen LogP contribution in [0.15, 0.2) is 54.6 Å². The van der Waals surface area contributed by atoms with E-state index in [1.54, 1.807) is 0 Å². The second kappa shape index (κ2) is 5.20. The largest absolute Gasteiger partial charge is 0.0843 e. The second-order valence-corrected chi connectivity index (χ2v) is 6.26. The van der Waals surface area contributed by atoms with Crippen molar-refractivity contribution < 1.29 is 0 Å². The minimum absolute atomic E-state index is 0.810. The zero-order valence-electron chi connectivity index (χ0n) is 11.9. The number of rotatable bonds is 1. The summed E-state index contributed by atoms with van der Waals surface area (Å²) in [4.78, 5) is 0. The monoisotopic (exact) mass is 292 g/mol. The molecule has 0 N–H and O–H groups in total. The zero-order chi connectivity index (χ0) is 14.2. The van der Waals surface area contributed by atoms with E-state index in [0.29, 0.717) is 0 Å². The van der Waals surface area contributed by atoms with Crippen molar-refractivity contribution in [2.75, 3.05) is 0 Å². The van der Waals surface area contributed by atoms with Crippen molar-refractivity contribution in [2.45, 2.75) is 25.7 Å². The molecule has 104 valence electrons. The van der Waals surface area contributed by atoms with E-state index in [-0.39, 0.29) is 0 Å². The van der Waals surface area contributed by atoms with Crippen LogP contribution in [-0.2, 0) is 12.8 Å². The molecule has 1 heteroatoms. The number of aryl methyl sites for hydroxylation is 1. The quantitative estimate of drug-likeness (QED) is 0.513. The van der Waals surface area contributed by atoms with Gasteiger partial charge in [0.25, 0.3) is 0 Å². The van der Waals surface area contributed by atoms with Gasteiger partial charge < -0.3 is 0 Å². The van der Waals surface area contributed by atoms with Gasteiger partial charge in [-0.2, -0.15) is 0 Å². The highest BCUT2D eigenvalue weighted by molar-refractivity contribution is 6.31. The van der Waals surface area contributed by atoms with Crippen LogP contribution in [0.3, 0.4) is 0 Å². The number of halogens is 1. The van der Waals surface area contributed by atoms with Crippen LogP contribution in [0.25, 0.3) is 21.9 Å². The topological polar surface area (TPSA) is 0 Å². The Hall–Kier alpha value is -1.79. The third-order valence-electron chi connectivity index (χ3n) is 4.49. The average molecular weight is 293 g/mol. The van der Waals surface area contributed by atoms with E-state index in [1.165, 1.54) is 58.7 Å². The summed E-state index contributed by atoms with van der Waals surface area (Å²) in [6, 6.07) is 19.4. The molecule has 3 aromatic carbocycles. The normalized spacial score (nSPS) is 14.1. The summed E-state index contributed by atoms with van der Waals surface area (Å²) in [5.41, 5.74) is 5.69. The van der Waals surface area contributed by atoms with Gasteiger partial charge in [-0.05, 0) is 70.8 Å². The van der Waals surface area contributed by atoms with E-state index in [0.717, 1.165) is 5.02 Å². The molecule has 0 spiro atoms. The first-order valence-electron chi connectivity index (χ1n) is 7.62. The van der Waals surface area contributed by atoms with Crippen LogP contribution >= 0.6 is 11.6 Å². The van der Waals surface area contributed by atoms with E-state index in [4.69, 9.17) is 11.6 Å². The Labute approximate surface area is 130 Å². The second-order valence-electron chi connectivity index (χ2n) is 5.83. The van der Waals surface area contributed by atoms with Crippen LogP contribution in [0.1, 0.15) is 24.0 Å². The first-order valence-corrected chi connectivity index (χ1v) is 8.00. The van der Waals surface area contributed by atoms with Crippen LogP contribution < -0.4 is 0 Å².